The van der Waals surface area contributed by atoms with Crippen LogP contribution in [0.5, 0.6) is 0 Å². The second kappa shape index (κ2) is 6.58. The minimum atomic E-state index is -4.52. The molecule has 8 nitrogen and oxygen atoms in total. The standard InChI is InChI=1S/C12H14F3N7O/c1-7(10-19-20-21-22(10)2)18-11(23)17-6-8-3-4-16-9(5-8)12(13,14)15/h3-5,7H,6H2,1-2H3,(H2,17,18,23). The van der Waals surface area contributed by atoms with Crippen molar-refractivity contribution in [3.8, 4) is 0 Å². The Bertz CT molecular complexity index is 685. The zero-order valence-electron chi connectivity index (χ0n) is 12.3. The second-order valence-electron chi connectivity index (χ2n) is 4.76. The molecule has 0 bridgehead atoms. The molecule has 2 aromatic heterocycles. The molecule has 2 amide bonds. The minimum absolute atomic E-state index is 0.0682. The molecule has 1 atom stereocenters. The van der Waals surface area contributed by atoms with E-state index in [4.69, 9.17) is 0 Å². The number of pyridine rings is 1. The number of nitrogens with one attached hydrogen (secondary N) is 2. The highest BCUT2D eigenvalue weighted by molar-refractivity contribution is 5.74. The Balaban J connectivity index is 1.91. The fourth-order valence-corrected chi connectivity index (χ4v) is 1.84. The first-order chi connectivity index (χ1) is 10.8. The van der Waals surface area contributed by atoms with E-state index in [2.05, 4.69) is 31.1 Å². The number of alkyl halides is 3. The van der Waals surface area contributed by atoms with Crippen LogP contribution in [-0.2, 0) is 19.8 Å². The van der Waals surface area contributed by atoms with Crippen LogP contribution >= 0.6 is 0 Å². The molecule has 0 saturated heterocycles. The van der Waals surface area contributed by atoms with Crippen molar-refractivity contribution >= 4 is 6.03 Å². The van der Waals surface area contributed by atoms with Gasteiger partial charge < -0.3 is 10.6 Å². The van der Waals surface area contributed by atoms with Crippen molar-refractivity contribution < 1.29 is 18.0 Å². The van der Waals surface area contributed by atoms with E-state index in [0.29, 0.717) is 5.82 Å². The Morgan fingerprint density at radius 3 is 2.78 bits per heavy atom. The van der Waals surface area contributed by atoms with Crippen molar-refractivity contribution in [1.82, 2.24) is 35.8 Å². The largest absolute Gasteiger partial charge is 0.433 e. The minimum Gasteiger partial charge on any atom is -0.334 e. The van der Waals surface area contributed by atoms with Crippen molar-refractivity contribution in [1.29, 1.82) is 0 Å². The number of nitrogens with zero attached hydrogens (tertiary/aromatic N) is 5. The molecular formula is C12H14F3N7O. The monoisotopic (exact) mass is 329 g/mol. The van der Waals surface area contributed by atoms with Crippen LogP contribution in [0.15, 0.2) is 18.3 Å². The summed E-state index contributed by atoms with van der Waals surface area (Å²) in [6.45, 7) is 1.61. The molecular weight excluding hydrogens is 315 g/mol. The van der Waals surface area contributed by atoms with Gasteiger partial charge in [0.15, 0.2) is 5.82 Å². The van der Waals surface area contributed by atoms with Gasteiger partial charge in [-0.15, -0.1) is 5.10 Å². The van der Waals surface area contributed by atoms with Crippen LogP contribution in [0, 0.1) is 0 Å². The number of amides is 2. The number of aryl methyl sites for hydroxylation is 1. The van der Waals surface area contributed by atoms with Crippen LogP contribution in [-0.4, -0.2) is 31.2 Å². The average Bonchev–Trinajstić information content (AvgIpc) is 2.91. The smallest absolute Gasteiger partial charge is 0.334 e. The lowest BCUT2D eigenvalue weighted by Crippen LogP contribution is -2.37. The van der Waals surface area contributed by atoms with Crippen LogP contribution in [0.25, 0.3) is 0 Å². The molecule has 0 aromatic carbocycles. The van der Waals surface area contributed by atoms with Crippen LogP contribution in [0.1, 0.15) is 30.0 Å². The third kappa shape index (κ3) is 4.37. The first kappa shape index (κ1) is 16.6. The number of carbonyl (C=O) groups excluding carboxylic acids is 1. The summed E-state index contributed by atoms with van der Waals surface area (Å²) in [4.78, 5) is 15.0. The summed E-state index contributed by atoms with van der Waals surface area (Å²) in [6.07, 6.45) is -3.48. The fraction of sp³-hybridized carbons (Fsp3) is 0.417. The van der Waals surface area contributed by atoms with Gasteiger partial charge in [-0.3, -0.25) is 4.98 Å². The van der Waals surface area contributed by atoms with Gasteiger partial charge in [-0.2, -0.15) is 13.2 Å². The van der Waals surface area contributed by atoms with E-state index in [9.17, 15) is 18.0 Å². The highest BCUT2D eigenvalue weighted by atomic mass is 19.4. The van der Waals surface area contributed by atoms with Crippen LogP contribution in [0.2, 0.25) is 0 Å². The van der Waals surface area contributed by atoms with E-state index in [-0.39, 0.29) is 12.1 Å². The summed E-state index contributed by atoms with van der Waals surface area (Å²) in [6, 6.07) is 1.27. The first-order valence-corrected chi connectivity index (χ1v) is 6.56. The van der Waals surface area contributed by atoms with Gasteiger partial charge in [0.25, 0.3) is 0 Å². The van der Waals surface area contributed by atoms with Gasteiger partial charge in [0.2, 0.25) is 0 Å². The predicted molar refractivity (Wildman–Crippen MR) is 71.8 cm³/mol. The predicted octanol–water partition coefficient (Wildman–Crippen LogP) is 1.18. The third-order valence-corrected chi connectivity index (χ3v) is 2.96. The lowest BCUT2D eigenvalue weighted by atomic mass is 10.2. The highest BCUT2D eigenvalue weighted by Gasteiger charge is 2.32. The Morgan fingerprint density at radius 2 is 2.17 bits per heavy atom. The van der Waals surface area contributed by atoms with Gasteiger partial charge in [-0.25, -0.2) is 9.48 Å². The normalized spacial score (nSPS) is 12.7. The lowest BCUT2D eigenvalue weighted by Gasteiger charge is -2.13. The van der Waals surface area contributed by atoms with E-state index in [1.807, 2.05) is 0 Å². The maximum absolute atomic E-state index is 12.6. The molecule has 0 saturated carbocycles. The molecule has 11 heteroatoms. The third-order valence-electron chi connectivity index (χ3n) is 2.96. The zero-order valence-corrected chi connectivity index (χ0v) is 12.3. The maximum atomic E-state index is 12.6. The van der Waals surface area contributed by atoms with Gasteiger partial charge in [0.1, 0.15) is 5.69 Å². The fourth-order valence-electron chi connectivity index (χ4n) is 1.84. The summed E-state index contributed by atoms with van der Waals surface area (Å²) < 4.78 is 39.1. The van der Waals surface area contributed by atoms with Crippen molar-refractivity contribution in [2.45, 2.75) is 25.7 Å². The molecule has 2 aromatic rings. The van der Waals surface area contributed by atoms with Gasteiger partial charge in [0, 0.05) is 19.8 Å². The molecule has 0 radical (unpaired) electrons. The van der Waals surface area contributed by atoms with Crippen molar-refractivity contribution in [3.05, 3.63) is 35.4 Å². The summed E-state index contributed by atoms with van der Waals surface area (Å²) in [7, 11) is 1.63. The van der Waals surface area contributed by atoms with E-state index >= 15 is 0 Å². The molecule has 0 aliphatic rings. The first-order valence-electron chi connectivity index (χ1n) is 6.56. The number of urea groups is 1. The molecule has 1 unspecified atom stereocenters. The maximum Gasteiger partial charge on any atom is 0.433 e. The van der Waals surface area contributed by atoms with E-state index in [0.717, 1.165) is 12.3 Å². The van der Waals surface area contributed by atoms with Crippen LogP contribution in [0.4, 0.5) is 18.0 Å². The van der Waals surface area contributed by atoms with Gasteiger partial charge in [-0.05, 0) is 35.0 Å². The summed E-state index contributed by atoms with van der Waals surface area (Å²) in [5, 5.41) is 15.9. The molecule has 0 aliphatic carbocycles. The van der Waals surface area contributed by atoms with Crippen LogP contribution < -0.4 is 10.6 Å². The average molecular weight is 329 g/mol. The van der Waals surface area contributed by atoms with Gasteiger partial charge in [-0.1, -0.05) is 0 Å². The number of halogens is 3. The van der Waals surface area contributed by atoms with Crippen LogP contribution in [0.3, 0.4) is 0 Å². The zero-order chi connectivity index (χ0) is 17.0. The van der Waals surface area contributed by atoms with Crippen molar-refractivity contribution in [3.63, 3.8) is 0 Å². The molecule has 0 fully saturated rings. The number of tetrazole rings is 1. The SMILES string of the molecule is CC(NC(=O)NCc1ccnc(C(F)(F)F)c1)c1nnnn1C. The molecule has 124 valence electrons. The number of carbonyl (C=O) groups is 1. The number of aromatic nitrogens is 5. The van der Waals surface area contributed by atoms with Crippen molar-refractivity contribution in [2.24, 2.45) is 7.05 Å². The summed E-state index contributed by atoms with van der Waals surface area (Å²) in [5.74, 6) is 0.448. The Morgan fingerprint density at radius 1 is 1.43 bits per heavy atom. The molecule has 23 heavy (non-hydrogen) atoms. The number of hydrogen-bond donors (Lipinski definition) is 2. The van der Waals surface area contributed by atoms with E-state index < -0.39 is 23.9 Å². The van der Waals surface area contributed by atoms with Crippen molar-refractivity contribution in [2.75, 3.05) is 0 Å². The lowest BCUT2D eigenvalue weighted by molar-refractivity contribution is -0.141. The van der Waals surface area contributed by atoms with E-state index in [1.54, 1.807) is 14.0 Å². The molecule has 0 spiro atoms. The van der Waals surface area contributed by atoms with Gasteiger partial charge >= 0.3 is 12.2 Å². The molecule has 2 heterocycles. The number of rotatable bonds is 4. The Kier molecular flexibility index (Phi) is 4.77. The molecule has 2 rings (SSSR count). The van der Waals surface area contributed by atoms with E-state index in [1.165, 1.54) is 10.7 Å². The molecule has 2 N–H and O–H groups in total. The summed E-state index contributed by atoms with van der Waals surface area (Å²) >= 11 is 0. The molecule has 0 aliphatic heterocycles. The summed E-state index contributed by atoms with van der Waals surface area (Å²) in [5.41, 5.74) is -0.716. The Hall–Kier alpha value is -2.72. The number of hydrogen-bond acceptors (Lipinski definition) is 5. The Labute approximate surface area is 129 Å². The second-order valence-corrected chi connectivity index (χ2v) is 4.76. The van der Waals surface area contributed by atoms with Gasteiger partial charge in [0.05, 0.1) is 6.04 Å². The topological polar surface area (TPSA) is 97.6 Å². The highest BCUT2D eigenvalue weighted by Crippen LogP contribution is 2.27. The quantitative estimate of drug-likeness (QED) is 0.878.